The average molecular weight is 341 g/mol. The van der Waals surface area contributed by atoms with Crippen molar-refractivity contribution >= 4 is 21.5 Å². The number of hydrogen-bond acceptors (Lipinski definition) is 2. The number of benzene rings is 4. The topological polar surface area (TPSA) is 32.3 Å². The maximum Gasteiger partial charge on any atom is 0.0940 e. The van der Waals surface area contributed by atoms with Crippen molar-refractivity contribution in [1.82, 2.24) is 5.32 Å². The van der Waals surface area contributed by atoms with Crippen LogP contribution in [0.15, 0.2) is 84.9 Å². The van der Waals surface area contributed by atoms with Gasteiger partial charge in [-0.1, -0.05) is 78.9 Å². The first kappa shape index (κ1) is 16.8. The van der Waals surface area contributed by atoms with Crippen LogP contribution in [0.25, 0.3) is 21.5 Å². The van der Waals surface area contributed by atoms with Gasteiger partial charge in [0.25, 0.3) is 0 Å². The molecule has 26 heavy (non-hydrogen) atoms. The van der Waals surface area contributed by atoms with Crippen LogP contribution in [-0.2, 0) is 6.54 Å². The zero-order chi connectivity index (χ0) is 17.9. The highest BCUT2D eigenvalue weighted by Crippen LogP contribution is 2.28. The summed E-state index contributed by atoms with van der Waals surface area (Å²) in [6.45, 7) is 2.75. The Kier molecular flexibility index (Phi) is 4.70. The van der Waals surface area contributed by atoms with E-state index in [1.54, 1.807) is 0 Å². The predicted molar refractivity (Wildman–Crippen MR) is 109 cm³/mol. The molecule has 0 amide bonds. The molecule has 0 aliphatic carbocycles. The minimum absolute atomic E-state index is 0.0462. The van der Waals surface area contributed by atoms with E-state index in [1.165, 1.54) is 27.1 Å². The summed E-state index contributed by atoms with van der Waals surface area (Å²) in [6.07, 6.45) is -0.530. The van der Waals surface area contributed by atoms with Crippen molar-refractivity contribution < 1.29 is 5.11 Å². The van der Waals surface area contributed by atoms with Gasteiger partial charge in [-0.25, -0.2) is 0 Å². The van der Waals surface area contributed by atoms with Gasteiger partial charge >= 0.3 is 0 Å². The Morgan fingerprint density at radius 1 is 0.769 bits per heavy atom. The van der Waals surface area contributed by atoms with Crippen LogP contribution in [0.5, 0.6) is 0 Å². The van der Waals surface area contributed by atoms with Gasteiger partial charge in [0.05, 0.1) is 6.10 Å². The lowest BCUT2D eigenvalue weighted by atomic mass is 9.96. The van der Waals surface area contributed by atoms with Crippen molar-refractivity contribution in [2.75, 3.05) is 0 Å². The van der Waals surface area contributed by atoms with Gasteiger partial charge < -0.3 is 10.4 Å². The van der Waals surface area contributed by atoms with E-state index in [2.05, 4.69) is 59.9 Å². The highest BCUT2D eigenvalue weighted by Gasteiger charge is 2.16. The van der Waals surface area contributed by atoms with Gasteiger partial charge in [0.15, 0.2) is 0 Å². The van der Waals surface area contributed by atoms with E-state index in [4.69, 9.17) is 0 Å². The highest BCUT2D eigenvalue weighted by atomic mass is 16.3. The molecule has 0 spiro atoms. The second-order valence-corrected chi connectivity index (χ2v) is 6.82. The van der Waals surface area contributed by atoms with Gasteiger partial charge in [0.2, 0.25) is 0 Å². The fourth-order valence-corrected chi connectivity index (χ4v) is 3.61. The zero-order valence-electron chi connectivity index (χ0n) is 14.9. The quantitative estimate of drug-likeness (QED) is 0.489. The summed E-state index contributed by atoms with van der Waals surface area (Å²) in [4.78, 5) is 0. The van der Waals surface area contributed by atoms with E-state index in [0.717, 1.165) is 5.56 Å². The van der Waals surface area contributed by atoms with E-state index in [9.17, 15) is 5.11 Å². The first-order chi connectivity index (χ1) is 12.7. The van der Waals surface area contributed by atoms with Crippen LogP contribution in [0.3, 0.4) is 0 Å². The molecule has 2 atom stereocenters. The molecule has 2 N–H and O–H groups in total. The van der Waals surface area contributed by atoms with Crippen molar-refractivity contribution in [2.24, 2.45) is 0 Å². The molecule has 0 saturated heterocycles. The summed E-state index contributed by atoms with van der Waals surface area (Å²) in [7, 11) is 0. The second kappa shape index (κ2) is 7.28. The van der Waals surface area contributed by atoms with Gasteiger partial charge in [-0.15, -0.1) is 0 Å². The van der Waals surface area contributed by atoms with Crippen LogP contribution in [-0.4, -0.2) is 11.1 Å². The summed E-state index contributed by atoms with van der Waals surface area (Å²) >= 11 is 0. The SMILES string of the molecule is C[C@H](NCc1c2ccccc2cc2ccccc12)[C@@H](O)c1ccccc1. The molecule has 0 aromatic heterocycles. The van der Waals surface area contributed by atoms with Gasteiger partial charge in [0.1, 0.15) is 0 Å². The third-order valence-electron chi connectivity index (χ3n) is 5.10. The largest absolute Gasteiger partial charge is 0.387 e. The lowest BCUT2D eigenvalue weighted by molar-refractivity contribution is 0.135. The molecule has 2 nitrogen and oxygen atoms in total. The minimum Gasteiger partial charge on any atom is -0.387 e. The summed E-state index contributed by atoms with van der Waals surface area (Å²) in [5.41, 5.74) is 2.22. The van der Waals surface area contributed by atoms with Crippen molar-refractivity contribution in [3.8, 4) is 0 Å². The van der Waals surface area contributed by atoms with E-state index in [-0.39, 0.29) is 6.04 Å². The lowest BCUT2D eigenvalue weighted by Gasteiger charge is -2.22. The molecule has 0 aliphatic rings. The van der Waals surface area contributed by atoms with E-state index in [1.807, 2.05) is 37.3 Å². The van der Waals surface area contributed by atoms with Crippen molar-refractivity contribution in [3.63, 3.8) is 0 Å². The predicted octanol–water partition coefficient (Wildman–Crippen LogP) is 5.20. The monoisotopic (exact) mass is 341 g/mol. The Morgan fingerprint density at radius 3 is 1.92 bits per heavy atom. The number of aliphatic hydroxyl groups is 1. The molecule has 0 bridgehead atoms. The smallest absolute Gasteiger partial charge is 0.0940 e. The summed E-state index contributed by atoms with van der Waals surface area (Å²) in [6, 6.07) is 29.0. The second-order valence-electron chi connectivity index (χ2n) is 6.82. The molecule has 0 heterocycles. The van der Waals surface area contributed by atoms with Crippen LogP contribution >= 0.6 is 0 Å². The Bertz CT molecular complexity index is 972. The zero-order valence-corrected chi connectivity index (χ0v) is 14.9. The van der Waals surface area contributed by atoms with Crippen LogP contribution < -0.4 is 5.32 Å². The molecule has 0 unspecified atom stereocenters. The number of rotatable bonds is 5. The van der Waals surface area contributed by atoms with Crippen molar-refractivity contribution in [1.29, 1.82) is 0 Å². The maximum absolute atomic E-state index is 10.6. The number of aliphatic hydroxyl groups excluding tert-OH is 1. The van der Waals surface area contributed by atoms with Crippen LogP contribution in [0.2, 0.25) is 0 Å². The lowest BCUT2D eigenvalue weighted by Crippen LogP contribution is -2.31. The molecular formula is C24H23NO. The molecule has 130 valence electrons. The van der Waals surface area contributed by atoms with Gasteiger partial charge in [-0.3, -0.25) is 0 Å². The molecule has 4 aromatic carbocycles. The van der Waals surface area contributed by atoms with Gasteiger partial charge in [-0.05, 0) is 45.7 Å². The first-order valence-corrected chi connectivity index (χ1v) is 9.10. The summed E-state index contributed by atoms with van der Waals surface area (Å²) in [5.74, 6) is 0. The first-order valence-electron chi connectivity index (χ1n) is 9.10. The molecule has 2 heteroatoms. The summed E-state index contributed by atoms with van der Waals surface area (Å²) < 4.78 is 0. The molecule has 0 aliphatic heterocycles. The fraction of sp³-hybridized carbons (Fsp3) is 0.167. The Morgan fingerprint density at radius 2 is 1.31 bits per heavy atom. The number of hydrogen-bond donors (Lipinski definition) is 2. The molecule has 0 saturated carbocycles. The van der Waals surface area contributed by atoms with Crippen LogP contribution in [0, 0.1) is 0 Å². The van der Waals surface area contributed by atoms with E-state index >= 15 is 0 Å². The number of fused-ring (bicyclic) bond motifs is 2. The summed E-state index contributed by atoms with van der Waals surface area (Å²) in [5, 5.41) is 19.2. The normalized spacial score (nSPS) is 13.8. The van der Waals surface area contributed by atoms with Crippen LogP contribution in [0.1, 0.15) is 24.2 Å². The third kappa shape index (κ3) is 3.22. The van der Waals surface area contributed by atoms with Crippen molar-refractivity contribution in [3.05, 3.63) is 96.1 Å². The molecule has 0 radical (unpaired) electrons. The van der Waals surface area contributed by atoms with Gasteiger partial charge in [-0.2, -0.15) is 0 Å². The fourth-order valence-electron chi connectivity index (χ4n) is 3.61. The third-order valence-corrected chi connectivity index (χ3v) is 5.10. The maximum atomic E-state index is 10.6. The molecule has 0 fully saturated rings. The van der Waals surface area contributed by atoms with E-state index in [0.29, 0.717) is 6.54 Å². The molecule has 4 rings (SSSR count). The Balaban J connectivity index is 1.66. The Hall–Kier alpha value is -2.68. The van der Waals surface area contributed by atoms with E-state index < -0.39 is 6.10 Å². The number of nitrogens with one attached hydrogen (secondary N) is 1. The molecule has 4 aromatic rings. The standard InChI is InChI=1S/C24H23NO/c1-17(24(26)18-9-3-2-4-10-18)25-16-23-21-13-7-5-11-19(21)15-20-12-6-8-14-22(20)23/h2-15,17,24-26H,16H2,1H3/t17-,24+/m0/s1. The molecular weight excluding hydrogens is 318 g/mol. The van der Waals surface area contributed by atoms with Crippen LogP contribution in [0.4, 0.5) is 0 Å². The van der Waals surface area contributed by atoms with Crippen molar-refractivity contribution in [2.45, 2.75) is 25.6 Å². The minimum atomic E-state index is -0.530. The Labute approximate surface area is 154 Å². The van der Waals surface area contributed by atoms with Gasteiger partial charge in [0, 0.05) is 12.6 Å². The highest BCUT2D eigenvalue weighted by molar-refractivity contribution is 6.02. The average Bonchev–Trinajstić information content (AvgIpc) is 2.71.